The Kier molecular flexibility index (Phi) is 3.52. The number of benzene rings is 1. The minimum absolute atomic E-state index is 0.581. The summed E-state index contributed by atoms with van der Waals surface area (Å²) in [7, 11) is 2.29. The van der Waals surface area contributed by atoms with Crippen LogP contribution in [-0.2, 0) is 0 Å². The Labute approximate surface area is 148 Å². The van der Waals surface area contributed by atoms with E-state index in [9.17, 15) is 0 Å². The zero-order valence-electron chi connectivity index (χ0n) is 14.6. The van der Waals surface area contributed by atoms with E-state index in [0.29, 0.717) is 6.04 Å². The second kappa shape index (κ2) is 5.88. The molecule has 0 spiro atoms. The molecule has 1 aromatic carbocycles. The Balaban J connectivity index is 1.31. The van der Waals surface area contributed by atoms with Gasteiger partial charge in [0.25, 0.3) is 0 Å². The minimum Gasteiger partial charge on any atom is -0.381 e. The van der Waals surface area contributed by atoms with E-state index in [1.54, 1.807) is 0 Å². The second-order valence-corrected chi connectivity index (χ2v) is 7.57. The van der Waals surface area contributed by atoms with Crippen LogP contribution in [0, 0.1) is 0 Å². The molecule has 128 valence electrons. The zero-order valence-corrected chi connectivity index (χ0v) is 14.6. The predicted molar refractivity (Wildman–Crippen MR) is 103 cm³/mol. The number of nitrogens with one attached hydrogen (secondary N) is 2. The van der Waals surface area contributed by atoms with Crippen LogP contribution >= 0.6 is 0 Å². The number of rotatable bonds is 3. The molecule has 2 fully saturated rings. The minimum atomic E-state index is 0.581. The van der Waals surface area contributed by atoms with Gasteiger partial charge in [0, 0.05) is 40.8 Å². The van der Waals surface area contributed by atoms with Gasteiger partial charge in [0.15, 0.2) is 0 Å². The van der Waals surface area contributed by atoms with Crippen molar-refractivity contribution in [3.8, 4) is 11.3 Å². The summed E-state index contributed by atoms with van der Waals surface area (Å²) in [6.45, 7) is 0. The van der Waals surface area contributed by atoms with E-state index >= 15 is 0 Å². The highest BCUT2D eigenvalue weighted by Gasteiger charge is 2.38. The molecule has 4 heterocycles. The summed E-state index contributed by atoms with van der Waals surface area (Å²) in [4.78, 5) is 10.5. The fourth-order valence-electron chi connectivity index (χ4n) is 4.63. The van der Waals surface area contributed by atoms with Crippen LogP contribution in [0.3, 0.4) is 0 Å². The number of hydrogen-bond acceptors (Lipinski definition) is 3. The molecule has 2 aromatic heterocycles. The van der Waals surface area contributed by atoms with Gasteiger partial charge in [-0.3, -0.25) is 4.98 Å². The number of H-pyrrole nitrogens is 1. The maximum Gasteiger partial charge on any atom is 0.0703 e. The largest absolute Gasteiger partial charge is 0.381 e. The standard InChI is InChI=1S/C21H24N4/c1-25-18-4-5-19(25)12-17(11-18)24-16-3-7-21(23-13-16)14-2-6-20-15(10-14)8-9-22-20/h2-3,6-10,13,17-19,22,24H,4-5,11-12H2,1H3/t17?,18-,19+. The van der Waals surface area contributed by atoms with Gasteiger partial charge in [-0.05, 0) is 63.1 Å². The number of nitrogens with zero attached hydrogens (tertiary/aromatic N) is 2. The van der Waals surface area contributed by atoms with Gasteiger partial charge in [0.1, 0.15) is 0 Å². The fourth-order valence-corrected chi connectivity index (χ4v) is 4.63. The van der Waals surface area contributed by atoms with Crippen molar-refractivity contribution in [3.05, 3.63) is 48.8 Å². The van der Waals surface area contributed by atoms with Crippen LogP contribution in [0.25, 0.3) is 22.2 Å². The lowest BCUT2D eigenvalue weighted by Gasteiger charge is -2.37. The molecule has 0 radical (unpaired) electrons. The molecule has 25 heavy (non-hydrogen) atoms. The average molecular weight is 332 g/mol. The van der Waals surface area contributed by atoms with E-state index in [4.69, 9.17) is 4.98 Å². The number of aromatic amines is 1. The molecule has 0 saturated carbocycles. The zero-order chi connectivity index (χ0) is 16.8. The van der Waals surface area contributed by atoms with Crippen LogP contribution in [0.15, 0.2) is 48.8 Å². The number of pyridine rings is 1. The van der Waals surface area contributed by atoms with Gasteiger partial charge >= 0.3 is 0 Å². The second-order valence-electron chi connectivity index (χ2n) is 7.57. The highest BCUT2D eigenvalue weighted by atomic mass is 15.2. The molecule has 3 aromatic rings. The first-order valence-corrected chi connectivity index (χ1v) is 9.28. The first-order valence-electron chi connectivity index (χ1n) is 9.28. The van der Waals surface area contributed by atoms with Crippen LogP contribution in [0.2, 0.25) is 0 Å². The van der Waals surface area contributed by atoms with Crippen molar-refractivity contribution in [1.82, 2.24) is 14.9 Å². The average Bonchev–Trinajstić information content (AvgIpc) is 3.16. The van der Waals surface area contributed by atoms with E-state index in [2.05, 4.69) is 58.6 Å². The van der Waals surface area contributed by atoms with Gasteiger partial charge in [0.2, 0.25) is 0 Å². The summed E-state index contributed by atoms with van der Waals surface area (Å²) < 4.78 is 0. The highest BCUT2D eigenvalue weighted by molar-refractivity contribution is 5.84. The van der Waals surface area contributed by atoms with Gasteiger partial charge in [-0.2, -0.15) is 0 Å². The van der Waals surface area contributed by atoms with Crippen LogP contribution in [0.4, 0.5) is 5.69 Å². The quantitative estimate of drug-likeness (QED) is 0.753. The molecule has 4 heteroatoms. The lowest BCUT2D eigenvalue weighted by Crippen LogP contribution is -2.44. The van der Waals surface area contributed by atoms with E-state index in [-0.39, 0.29) is 0 Å². The number of fused-ring (bicyclic) bond motifs is 3. The van der Waals surface area contributed by atoms with Gasteiger partial charge in [0.05, 0.1) is 17.6 Å². The number of anilines is 1. The monoisotopic (exact) mass is 332 g/mol. The Morgan fingerprint density at radius 1 is 1.08 bits per heavy atom. The predicted octanol–water partition coefficient (Wildman–Crippen LogP) is 4.27. The van der Waals surface area contributed by atoms with Crippen LogP contribution < -0.4 is 5.32 Å². The highest BCUT2D eigenvalue weighted by Crippen LogP contribution is 2.35. The number of hydrogen-bond donors (Lipinski definition) is 2. The summed E-state index contributed by atoms with van der Waals surface area (Å²) in [6.07, 6.45) is 9.18. The molecule has 2 saturated heterocycles. The lowest BCUT2D eigenvalue weighted by atomic mass is 9.98. The van der Waals surface area contributed by atoms with Crippen molar-refractivity contribution in [2.45, 2.75) is 43.8 Å². The number of aromatic nitrogens is 2. The van der Waals surface area contributed by atoms with E-state index in [1.165, 1.54) is 36.6 Å². The van der Waals surface area contributed by atoms with Gasteiger partial charge in [-0.15, -0.1) is 0 Å². The molecule has 1 unspecified atom stereocenters. The summed E-state index contributed by atoms with van der Waals surface area (Å²) in [5, 5.41) is 4.94. The molecular weight excluding hydrogens is 308 g/mol. The van der Waals surface area contributed by atoms with Gasteiger partial charge < -0.3 is 15.2 Å². The van der Waals surface area contributed by atoms with Crippen molar-refractivity contribution in [3.63, 3.8) is 0 Å². The Bertz CT molecular complexity index is 868. The maximum atomic E-state index is 4.69. The number of piperidine rings is 1. The normalized spacial score (nSPS) is 26.2. The van der Waals surface area contributed by atoms with Crippen LogP contribution in [0.5, 0.6) is 0 Å². The van der Waals surface area contributed by atoms with Crippen molar-refractivity contribution < 1.29 is 0 Å². The summed E-state index contributed by atoms with van der Waals surface area (Å²) in [6, 6.07) is 14.9. The summed E-state index contributed by atoms with van der Waals surface area (Å²) in [5.74, 6) is 0. The third-order valence-electron chi connectivity index (χ3n) is 6.08. The summed E-state index contributed by atoms with van der Waals surface area (Å²) >= 11 is 0. The Morgan fingerprint density at radius 3 is 2.68 bits per heavy atom. The first-order chi connectivity index (χ1) is 12.3. The Morgan fingerprint density at radius 2 is 1.92 bits per heavy atom. The third kappa shape index (κ3) is 2.71. The molecule has 4 nitrogen and oxygen atoms in total. The van der Waals surface area contributed by atoms with Crippen molar-refractivity contribution in [1.29, 1.82) is 0 Å². The van der Waals surface area contributed by atoms with Gasteiger partial charge in [-0.1, -0.05) is 6.07 Å². The molecule has 2 N–H and O–H groups in total. The molecule has 5 rings (SSSR count). The molecule has 2 aliphatic rings. The van der Waals surface area contributed by atoms with E-state index < -0.39 is 0 Å². The van der Waals surface area contributed by atoms with E-state index in [0.717, 1.165) is 29.0 Å². The molecule has 3 atom stereocenters. The van der Waals surface area contributed by atoms with E-state index in [1.807, 2.05) is 12.4 Å². The molecular formula is C21H24N4. The topological polar surface area (TPSA) is 44.0 Å². The van der Waals surface area contributed by atoms with Gasteiger partial charge in [-0.25, -0.2) is 0 Å². The van der Waals surface area contributed by atoms with Crippen molar-refractivity contribution in [2.75, 3.05) is 12.4 Å². The van der Waals surface area contributed by atoms with Crippen LogP contribution in [0.1, 0.15) is 25.7 Å². The maximum absolute atomic E-state index is 4.69. The summed E-state index contributed by atoms with van der Waals surface area (Å²) in [5.41, 5.74) is 4.49. The van der Waals surface area contributed by atoms with Crippen molar-refractivity contribution in [2.24, 2.45) is 0 Å². The third-order valence-corrected chi connectivity index (χ3v) is 6.08. The SMILES string of the molecule is CN1[C@@H]2CC[C@H]1CC(Nc1ccc(-c3ccc4[nH]ccc4c3)nc1)C2. The smallest absolute Gasteiger partial charge is 0.0703 e. The Hall–Kier alpha value is -2.33. The molecule has 2 bridgehead atoms. The molecule has 0 aliphatic carbocycles. The molecule has 0 amide bonds. The molecule has 2 aliphatic heterocycles. The first kappa shape index (κ1) is 15.0. The van der Waals surface area contributed by atoms with Crippen LogP contribution in [-0.4, -0.2) is 40.0 Å². The fraction of sp³-hybridized carbons (Fsp3) is 0.381. The lowest BCUT2D eigenvalue weighted by molar-refractivity contribution is 0.169. The van der Waals surface area contributed by atoms with Crippen molar-refractivity contribution >= 4 is 16.6 Å².